The highest BCUT2D eigenvalue weighted by Gasteiger charge is 2.26. The van der Waals surface area contributed by atoms with E-state index in [2.05, 4.69) is 10.3 Å². The van der Waals surface area contributed by atoms with Gasteiger partial charge in [-0.25, -0.2) is 13.6 Å². The minimum atomic E-state index is -3.86. The highest BCUT2D eigenvalue weighted by atomic mass is 32.2. The molecule has 4 rings (SSSR count). The first-order valence-corrected chi connectivity index (χ1v) is 9.27. The van der Waals surface area contributed by atoms with Crippen molar-refractivity contribution in [1.29, 1.82) is 0 Å². The summed E-state index contributed by atoms with van der Waals surface area (Å²) in [4.78, 5) is 15.5. The molecule has 0 saturated heterocycles. The number of nitrogens with one attached hydrogen (secondary N) is 2. The van der Waals surface area contributed by atoms with Crippen LogP contribution in [0.25, 0.3) is 22.6 Å². The molecule has 4 N–H and O–H groups in total. The number of hydrogen-bond donors (Lipinski definition) is 3. The Morgan fingerprint density at radius 2 is 1.96 bits per heavy atom. The molecule has 3 aromatic rings. The van der Waals surface area contributed by atoms with Gasteiger partial charge >= 0.3 is 0 Å². The second-order valence-electron chi connectivity index (χ2n) is 5.92. The number of methoxy groups -OCH3 is 1. The normalized spacial score (nSPS) is 15.3. The molecule has 26 heavy (non-hydrogen) atoms. The van der Waals surface area contributed by atoms with Gasteiger partial charge in [-0.3, -0.25) is 4.79 Å². The molecular formula is C18H15N3O4S. The van der Waals surface area contributed by atoms with Gasteiger partial charge in [0.05, 0.1) is 12.0 Å². The van der Waals surface area contributed by atoms with Crippen LogP contribution in [0.2, 0.25) is 0 Å². The van der Waals surface area contributed by atoms with Crippen LogP contribution in [0.15, 0.2) is 47.5 Å². The lowest BCUT2D eigenvalue weighted by Crippen LogP contribution is -2.12. The van der Waals surface area contributed by atoms with E-state index in [0.717, 1.165) is 16.5 Å². The minimum absolute atomic E-state index is 0.0424. The zero-order valence-corrected chi connectivity index (χ0v) is 14.6. The Bertz CT molecular complexity index is 1190. The van der Waals surface area contributed by atoms with E-state index in [1.54, 1.807) is 19.4 Å². The average molecular weight is 369 g/mol. The molecule has 2 aromatic carbocycles. The summed E-state index contributed by atoms with van der Waals surface area (Å²) in [6.07, 6.45) is 3.50. The number of aromatic amines is 1. The smallest absolute Gasteiger partial charge is 0.256 e. The first-order valence-electron chi connectivity index (χ1n) is 7.72. The lowest BCUT2D eigenvalue weighted by Gasteiger charge is -2.03. The topological polar surface area (TPSA) is 114 Å². The summed E-state index contributed by atoms with van der Waals surface area (Å²) in [7, 11) is -2.28. The van der Waals surface area contributed by atoms with Gasteiger partial charge in [0.15, 0.2) is 0 Å². The molecule has 2 heterocycles. The van der Waals surface area contributed by atoms with Gasteiger partial charge in [-0.15, -0.1) is 0 Å². The number of H-pyrrole nitrogens is 1. The third-order valence-electron chi connectivity index (χ3n) is 4.32. The number of nitrogens with two attached hydrogens (primary N) is 1. The Balaban J connectivity index is 1.88. The van der Waals surface area contributed by atoms with Gasteiger partial charge in [-0.05, 0) is 42.5 Å². The number of hydrogen-bond acceptors (Lipinski definition) is 4. The zero-order valence-electron chi connectivity index (χ0n) is 13.7. The molecule has 1 aliphatic rings. The van der Waals surface area contributed by atoms with Crippen LogP contribution in [-0.4, -0.2) is 26.4 Å². The minimum Gasteiger partial charge on any atom is -0.497 e. The molecule has 0 unspecified atom stereocenters. The van der Waals surface area contributed by atoms with E-state index in [1.165, 1.54) is 18.2 Å². The third kappa shape index (κ3) is 2.65. The van der Waals surface area contributed by atoms with Crippen molar-refractivity contribution in [2.45, 2.75) is 4.90 Å². The Kier molecular flexibility index (Phi) is 3.60. The molecule has 0 fully saturated rings. The average Bonchev–Trinajstić information content (AvgIpc) is 3.14. The zero-order chi connectivity index (χ0) is 18.5. The standard InChI is InChI=1S/C18H15N3O4S/c1-25-11-2-4-16-13(7-11)10(9-20-16)6-15-14-8-12(26(19,23)24)3-5-17(14)21-18(15)22/h2-9,20H,1H3,(H,21,22)(H2,19,23,24). The lowest BCUT2D eigenvalue weighted by molar-refractivity contribution is -0.110. The Morgan fingerprint density at radius 1 is 1.15 bits per heavy atom. The number of aromatic nitrogens is 1. The Morgan fingerprint density at radius 3 is 2.69 bits per heavy atom. The number of carbonyl (C=O) groups is 1. The number of primary sulfonamides is 1. The van der Waals surface area contributed by atoms with Gasteiger partial charge in [0.2, 0.25) is 10.0 Å². The van der Waals surface area contributed by atoms with Crippen LogP contribution < -0.4 is 15.2 Å². The van der Waals surface area contributed by atoms with Crippen molar-refractivity contribution in [3.63, 3.8) is 0 Å². The lowest BCUT2D eigenvalue weighted by atomic mass is 10.0. The second kappa shape index (κ2) is 5.72. The maximum absolute atomic E-state index is 12.4. The molecule has 8 heteroatoms. The quantitative estimate of drug-likeness (QED) is 0.615. The van der Waals surface area contributed by atoms with Gasteiger partial charge in [-0.2, -0.15) is 0 Å². The largest absolute Gasteiger partial charge is 0.497 e. The van der Waals surface area contributed by atoms with Crippen LogP contribution in [0.5, 0.6) is 5.75 Å². The number of carbonyl (C=O) groups excluding carboxylic acids is 1. The molecular weight excluding hydrogens is 354 g/mol. The Hall–Kier alpha value is -3.10. The van der Waals surface area contributed by atoms with Gasteiger partial charge in [0, 0.05) is 39.5 Å². The van der Waals surface area contributed by atoms with Crippen molar-refractivity contribution in [3.8, 4) is 5.75 Å². The van der Waals surface area contributed by atoms with E-state index in [4.69, 9.17) is 9.88 Å². The van der Waals surface area contributed by atoms with Gasteiger partial charge in [0.1, 0.15) is 5.75 Å². The molecule has 0 saturated carbocycles. The highest BCUT2D eigenvalue weighted by molar-refractivity contribution is 7.89. The van der Waals surface area contributed by atoms with E-state index in [0.29, 0.717) is 22.6 Å². The molecule has 132 valence electrons. The SMILES string of the molecule is COc1ccc2[nH]cc(C=C3C(=O)Nc4ccc(S(N)(=O)=O)cc43)c2c1. The molecule has 0 atom stereocenters. The number of fused-ring (bicyclic) bond motifs is 2. The summed E-state index contributed by atoms with van der Waals surface area (Å²) in [6, 6.07) is 9.90. The van der Waals surface area contributed by atoms with E-state index in [1.807, 2.05) is 18.2 Å². The summed E-state index contributed by atoms with van der Waals surface area (Å²) >= 11 is 0. The molecule has 0 aliphatic carbocycles. The predicted octanol–water partition coefficient (Wildman–Crippen LogP) is 2.32. The van der Waals surface area contributed by atoms with Crippen molar-refractivity contribution in [1.82, 2.24) is 4.98 Å². The summed E-state index contributed by atoms with van der Waals surface area (Å²) in [6.45, 7) is 0. The second-order valence-corrected chi connectivity index (χ2v) is 7.48. The van der Waals surface area contributed by atoms with Crippen LogP contribution in [0, 0.1) is 0 Å². The maximum Gasteiger partial charge on any atom is 0.256 e. The van der Waals surface area contributed by atoms with Crippen molar-refractivity contribution in [3.05, 3.63) is 53.7 Å². The molecule has 0 radical (unpaired) electrons. The van der Waals surface area contributed by atoms with Gasteiger partial charge < -0.3 is 15.0 Å². The van der Waals surface area contributed by atoms with Crippen LogP contribution in [0.4, 0.5) is 5.69 Å². The van der Waals surface area contributed by atoms with E-state index < -0.39 is 10.0 Å². The summed E-state index contributed by atoms with van der Waals surface area (Å²) < 4.78 is 28.5. The fraction of sp³-hybridized carbons (Fsp3) is 0.0556. The van der Waals surface area contributed by atoms with Gasteiger partial charge in [-0.1, -0.05) is 0 Å². The number of anilines is 1. The number of benzene rings is 2. The number of rotatable bonds is 3. The molecule has 1 amide bonds. The summed E-state index contributed by atoms with van der Waals surface area (Å²) in [5, 5.41) is 8.82. The Labute approximate surface area is 149 Å². The predicted molar refractivity (Wildman–Crippen MR) is 99.2 cm³/mol. The summed E-state index contributed by atoms with van der Waals surface area (Å²) in [5.74, 6) is 0.397. The van der Waals surface area contributed by atoms with E-state index in [-0.39, 0.29) is 10.8 Å². The van der Waals surface area contributed by atoms with Crippen LogP contribution >= 0.6 is 0 Å². The van der Waals surface area contributed by atoms with Crippen molar-refractivity contribution >= 4 is 44.2 Å². The first-order chi connectivity index (χ1) is 12.4. The van der Waals surface area contributed by atoms with Crippen LogP contribution in [-0.2, 0) is 14.8 Å². The number of sulfonamides is 1. The molecule has 0 spiro atoms. The third-order valence-corrected chi connectivity index (χ3v) is 5.23. The molecule has 1 aliphatic heterocycles. The van der Waals surface area contributed by atoms with Crippen molar-refractivity contribution in [2.75, 3.05) is 12.4 Å². The summed E-state index contributed by atoms with van der Waals surface area (Å²) in [5.41, 5.74) is 3.10. The maximum atomic E-state index is 12.4. The van der Waals surface area contributed by atoms with Crippen molar-refractivity contribution < 1.29 is 17.9 Å². The van der Waals surface area contributed by atoms with E-state index >= 15 is 0 Å². The molecule has 7 nitrogen and oxygen atoms in total. The monoisotopic (exact) mass is 369 g/mol. The molecule has 1 aromatic heterocycles. The highest BCUT2D eigenvalue weighted by Crippen LogP contribution is 2.36. The van der Waals surface area contributed by atoms with Crippen LogP contribution in [0.3, 0.4) is 0 Å². The first kappa shape index (κ1) is 16.4. The van der Waals surface area contributed by atoms with Crippen LogP contribution in [0.1, 0.15) is 11.1 Å². The van der Waals surface area contributed by atoms with E-state index in [9.17, 15) is 13.2 Å². The fourth-order valence-corrected chi connectivity index (χ4v) is 3.55. The fourth-order valence-electron chi connectivity index (χ4n) is 3.01. The number of amides is 1. The molecule has 0 bridgehead atoms. The number of ether oxygens (including phenoxy) is 1. The van der Waals surface area contributed by atoms with Gasteiger partial charge in [0.25, 0.3) is 5.91 Å². The van der Waals surface area contributed by atoms with Crippen molar-refractivity contribution in [2.24, 2.45) is 5.14 Å².